The van der Waals surface area contributed by atoms with Crippen molar-refractivity contribution >= 4 is 23.1 Å². The minimum atomic E-state index is -5.06. The molecule has 1 aromatic heterocycles. The minimum Gasteiger partial charge on any atom is -0.372 e. The Hall–Kier alpha value is -3.84. The van der Waals surface area contributed by atoms with Crippen molar-refractivity contribution in [2.45, 2.75) is 45.2 Å². The second kappa shape index (κ2) is 12.3. The van der Waals surface area contributed by atoms with Crippen molar-refractivity contribution in [1.29, 1.82) is 0 Å². The smallest absolute Gasteiger partial charge is 0.372 e. The number of rotatable bonds is 5. The highest BCUT2D eigenvalue weighted by molar-refractivity contribution is 6.07. The molecule has 13 heteroatoms. The second-order valence-electron chi connectivity index (χ2n) is 11.4. The van der Waals surface area contributed by atoms with Gasteiger partial charge in [0.05, 0.1) is 34.6 Å². The van der Waals surface area contributed by atoms with Gasteiger partial charge >= 0.3 is 6.18 Å². The van der Waals surface area contributed by atoms with E-state index in [1.54, 1.807) is 11.0 Å². The van der Waals surface area contributed by atoms with Gasteiger partial charge in [0.2, 0.25) is 0 Å². The van der Waals surface area contributed by atoms with Crippen LogP contribution in [0, 0.1) is 17.5 Å². The van der Waals surface area contributed by atoms with Crippen molar-refractivity contribution in [3.8, 4) is 11.1 Å². The van der Waals surface area contributed by atoms with Gasteiger partial charge in [-0.25, -0.2) is 18.2 Å². The molecule has 236 valence electrons. The molecule has 0 radical (unpaired) electrons. The monoisotopic (exact) mass is 621 g/mol. The Kier molecular flexibility index (Phi) is 8.81. The average Bonchev–Trinajstić information content (AvgIpc) is 2.95. The van der Waals surface area contributed by atoms with Gasteiger partial charge in [0.25, 0.3) is 5.91 Å². The minimum absolute atomic E-state index is 0.0191. The predicted octanol–water partition coefficient (Wildman–Crippen LogP) is 6.19. The molecule has 0 spiro atoms. The van der Waals surface area contributed by atoms with Gasteiger partial charge in [-0.3, -0.25) is 4.79 Å². The largest absolute Gasteiger partial charge is 0.417 e. The third-order valence-corrected chi connectivity index (χ3v) is 8.05. The maximum absolute atomic E-state index is 16.4. The van der Waals surface area contributed by atoms with E-state index in [2.05, 4.69) is 10.3 Å². The molecule has 3 heterocycles. The first kappa shape index (κ1) is 31.6. The number of hydrogen-bond acceptors (Lipinski definition) is 6. The summed E-state index contributed by atoms with van der Waals surface area (Å²) in [6.07, 6.45) is -3.82. The number of morpholine rings is 1. The van der Waals surface area contributed by atoms with E-state index in [9.17, 15) is 22.4 Å². The summed E-state index contributed by atoms with van der Waals surface area (Å²) in [5.74, 6) is -4.01. The standard InChI is InChI=1S/C31H33F6N5O2/c1-17-14-41(10-9-40(17)4)25-12-24(33)27(20-5-8-26(38-13-20)42-15-18(2)44-19(3)16-42)28(34)29(25)39-30(43)22-7-6-21(32)11-23(22)31(35,36)37/h5-8,11-13,17-19H,9-10,14-16H2,1-4H3,(H,39,43)/t17?,18-,19+. The Morgan fingerprint density at radius 2 is 1.66 bits per heavy atom. The summed E-state index contributed by atoms with van der Waals surface area (Å²) in [6, 6.07) is 5.77. The molecule has 1 amide bonds. The maximum Gasteiger partial charge on any atom is 0.417 e. The van der Waals surface area contributed by atoms with Gasteiger partial charge < -0.3 is 24.8 Å². The number of anilines is 3. The van der Waals surface area contributed by atoms with Crippen LogP contribution in [0.25, 0.3) is 11.1 Å². The summed E-state index contributed by atoms with van der Waals surface area (Å²) in [5, 5.41) is 2.26. The quantitative estimate of drug-likeness (QED) is 0.343. The van der Waals surface area contributed by atoms with Crippen molar-refractivity contribution in [2.24, 2.45) is 0 Å². The number of piperazine rings is 1. The Balaban J connectivity index is 1.56. The van der Waals surface area contributed by atoms with Crippen molar-refractivity contribution in [3.05, 3.63) is 71.2 Å². The fourth-order valence-corrected chi connectivity index (χ4v) is 5.72. The van der Waals surface area contributed by atoms with E-state index in [1.807, 2.05) is 37.6 Å². The van der Waals surface area contributed by atoms with Crippen LogP contribution in [0.3, 0.4) is 0 Å². The number of nitrogens with zero attached hydrogens (tertiary/aromatic N) is 4. The molecule has 1 N–H and O–H groups in total. The van der Waals surface area contributed by atoms with E-state index in [0.29, 0.717) is 50.7 Å². The Morgan fingerprint density at radius 1 is 0.955 bits per heavy atom. The van der Waals surface area contributed by atoms with Crippen molar-refractivity contribution in [3.63, 3.8) is 0 Å². The number of ether oxygens (including phenoxy) is 1. The number of hydrogen-bond donors (Lipinski definition) is 1. The van der Waals surface area contributed by atoms with Gasteiger partial charge in [0.1, 0.15) is 23.1 Å². The summed E-state index contributed by atoms with van der Waals surface area (Å²) < 4.78 is 92.8. The summed E-state index contributed by atoms with van der Waals surface area (Å²) in [4.78, 5) is 23.4. The van der Waals surface area contributed by atoms with E-state index in [-0.39, 0.29) is 35.6 Å². The number of carbonyl (C=O) groups excluding carboxylic acids is 1. The maximum atomic E-state index is 16.4. The second-order valence-corrected chi connectivity index (χ2v) is 11.4. The number of benzene rings is 2. The fraction of sp³-hybridized carbons (Fsp3) is 0.419. The van der Waals surface area contributed by atoms with Crippen LogP contribution in [0.2, 0.25) is 0 Å². The Morgan fingerprint density at radius 3 is 2.27 bits per heavy atom. The molecule has 2 aliphatic heterocycles. The normalized spacial score (nSPS) is 21.5. The first-order valence-electron chi connectivity index (χ1n) is 14.2. The van der Waals surface area contributed by atoms with Gasteiger partial charge in [-0.2, -0.15) is 13.2 Å². The predicted molar refractivity (Wildman–Crippen MR) is 155 cm³/mol. The Bertz CT molecular complexity index is 1520. The molecule has 2 saturated heterocycles. The van der Waals surface area contributed by atoms with E-state index >= 15 is 8.78 Å². The van der Waals surface area contributed by atoms with Crippen LogP contribution in [0.4, 0.5) is 43.5 Å². The number of halogens is 6. The number of amides is 1. The molecule has 0 bridgehead atoms. The van der Waals surface area contributed by atoms with E-state index in [1.165, 1.54) is 12.3 Å². The van der Waals surface area contributed by atoms with E-state index < -0.39 is 51.9 Å². The summed E-state index contributed by atoms with van der Waals surface area (Å²) in [6.45, 7) is 8.18. The highest BCUT2D eigenvalue weighted by Gasteiger charge is 2.37. The van der Waals surface area contributed by atoms with Crippen LogP contribution >= 0.6 is 0 Å². The van der Waals surface area contributed by atoms with Crippen LogP contribution in [-0.4, -0.2) is 73.8 Å². The SMILES string of the molecule is CC1CN(c2cc(F)c(-c3ccc(N4C[C@@H](C)O[C@@H](C)C4)nc3)c(F)c2NC(=O)c2ccc(F)cc2C(F)(F)F)CCN1C. The zero-order chi connectivity index (χ0) is 31.9. The lowest BCUT2D eigenvalue weighted by atomic mass is 10.0. The van der Waals surface area contributed by atoms with E-state index in [0.717, 1.165) is 6.07 Å². The molecule has 1 unspecified atom stereocenters. The molecule has 2 fully saturated rings. The third-order valence-electron chi connectivity index (χ3n) is 8.05. The molecule has 2 aliphatic rings. The fourth-order valence-electron chi connectivity index (χ4n) is 5.72. The molecular formula is C31H33F6N5O2. The highest BCUT2D eigenvalue weighted by atomic mass is 19.4. The molecule has 3 atom stereocenters. The highest BCUT2D eigenvalue weighted by Crippen LogP contribution is 2.40. The first-order valence-corrected chi connectivity index (χ1v) is 14.2. The Labute approximate surface area is 251 Å². The molecule has 5 rings (SSSR count). The summed E-state index contributed by atoms with van der Waals surface area (Å²) in [5.41, 5.74) is -3.34. The van der Waals surface area contributed by atoms with Crippen LogP contribution < -0.4 is 15.1 Å². The zero-order valence-corrected chi connectivity index (χ0v) is 24.7. The van der Waals surface area contributed by atoms with E-state index in [4.69, 9.17) is 4.74 Å². The van der Waals surface area contributed by atoms with Gasteiger partial charge in [-0.05, 0) is 58.2 Å². The van der Waals surface area contributed by atoms with Gasteiger partial charge in [0, 0.05) is 56.6 Å². The van der Waals surface area contributed by atoms with Crippen LogP contribution in [0.15, 0.2) is 42.6 Å². The van der Waals surface area contributed by atoms with Crippen molar-refractivity contribution < 1.29 is 35.9 Å². The van der Waals surface area contributed by atoms with Gasteiger partial charge in [-0.15, -0.1) is 0 Å². The molecule has 0 saturated carbocycles. The lowest BCUT2D eigenvalue weighted by molar-refractivity contribution is -0.138. The average molecular weight is 622 g/mol. The topological polar surface area (TPSA) is 60.9 Å². The number of aromatic nitrogens is 1. The van der Waals surface area contributed by atoms with Gasteiger partial charge in [0.15, 0.2) is 5.82 Å². The lowest BCUT2D eigenvalue weighted by Crippen LogP contribution is -2.50. The molecule has 7 nitrogen and oxygen atoms in total. The van der Waals surface area contributed by atoms with Crippen molar-refractivity contribution in [1.82, 2.24) is 9.88 Å². The summed E-state index contributed by atoms with van der Waals surface area (Å²) >= 11 is 0. The van der Waals surface area contributed by atoms with Crippen LogP contribution in [0.5, 0.6) is 0 Å². The number of likely N-dealkylation sites (N-methyl/N-ethyl adjacent to an activating group) is 1. The van der Waals surface area contributed by atoms with Crippen LogP contribution in [0.1, 0.15) is 36.7 Å². The van der Waals surface area contributed by atoms with Crippen LogP contribution in [-0.2, 0) is 10.9 Å². The molecule has 3 aromatic rings. The summed E-state index contributed by atoms with van der Waals surface area (Å²) in [7, 11) is 1.90. The molecular weight excluding hydrogens is 588 g/mol. The number of alkyl halides is 3. The lowest BCUT2D eigenvalue weighted by Gasteiger charge is -2.40. The number of carbonyl (C=O) groups is 1. The van der Waals surface area contributed by atoms with Gasteiger partial charge in [-0.1, -0.05) is 0 Å². The van der Waals surface area contributed by atoms with Crippen molar-refractivity contribution in [2.75, 3.05) is 54.9 Å². The molecule has 0 aliphatic carbocycles. The number of pyridine rings is 1. The molecule has 2 aromatic carbocycles. The third kappa shape index (κ3) is 6.48. The molecule has 44 heavy (non-hydrogen) atoms. The first-order chi connectivity index (χ1) is 20.7. The number of nitrogens with one attached hydrogen (secondary N) is 1. The zero-order valence-electron chi connectivity index (χ0n) is 24.7.